The first-order valence-corrected chi connectivity index (χ1v) is 9.49. The minimum absolute atomic E-state index is 0.00435. The third-order valence-electron chi connectivity index (χ3n) is 3.90. The Labute approximate surface area is 158 Å². The van der Waals surface area contributed by atoms with Crippen molar-refractivity contribution in [2.75, 3.05) is 0 Å². The number of nitrogens with zero attached hydrogens (tertiary/aromatic N) is 4. The number of hydrogen-bond donors (Lipinski definition) is 0. The Hall–Kier alpha value is -2.66. The maximum atomic E-state index is 13.2. The van der Waals surface area contributed by atoms with Gasteiger partial charge in [-0.25, -0.2) is 22.4 Å². The van der Waals surface area contributed by atoms with Crippen LogP contribution in [0.5, 0.6) is 0 Å². The highest BCUT2D eigenvalue weighted by molar-refractivity contribution is 7.90. The third kappa shape index (κ3) is 2.35. The summed E-state index contributed by atoms with van der Waals surface area (Å²) in [5.74, 6) is 0. The molecule has 26 heavy (non-hydrogen) atoms. The third-order valence-corrected chi connectivity index (χ3v) is 6.19. The Bertz CT molecular complexity index is 1330. The molecule has 0 bridgehead atoms. The molecule has 4 aromatic rings. The summed E-state index contributed by atoms with van der Waals surface area (Å²) in [6.45, 7) is 0. The van der Waals surface area contributed by atoms with Crippen LogP contribution in [0.4, 0.5) is 0 Å². The van der Waals surface area contributed by atoms with Crippen LogP contribution < -0.4 is 0 Å². The monoisotopic (exact) mass is 402 g/mol. The summed E-state index contributed by atoms with van der Waals surface area (Å²) in [6.07, 6.45) is 2.65. The van der Waals surface area contributed by atoms with E-state index in [0.29, 0.717) is 15.8 Å². The summed E-state index contributed by atoms with van der Waals surface area (Å²) >= 11 is 12.4. The topological polar surface area (TPSA) is 88.6 Å². The van der Waals surface area contributed by atoms with E-state index < -0.39 is 10.0 Å². The van der Waals surface area contributed by atoms with E-state index in [9.17, 15) is 13.7 Å². The lowest BCUT2D eigenvalue weighted by Crippen LogP contribution is -2.13. The second kappa shape index (κ2) is 5.95. The van der Waals surface area contributed by atoms with Gasteiger partial charge in [0.25, 0.3) is 10.0 Å². The summed E-state index contributed by atoms with van der Waals surface area (Å²) in [6, 6.07) is 11.4. The zero-order chi connectivity index (χ0) is 18.5. The molecular weight excluding hydrogens is 395 g/mol. The summed E-state index contributed by atoms with van der Waals surface area (Å²) in [5.41, 5.74) is 0.380. The van der Waals surface area contributed by atoms with Gasteiger partial charge in [0.1, 0.15) is 6.07 Å². The van der Waals surface area contributed by atoms with Gasteiger partial charge in [-0.2, -0.15) is 5.26 Å². The first-order valence-electron chi connectivity index (χ1n) is 7.30. The standard InChI is InChI=1S/C17H8Cl2N4O2S/c18-10-6-12-15-14(9-21-13(7-20)16(15)19)23(17(12)22-8-10)26(24,25)11-4-2-1-3-5-11/h1-6,8-9H. The molecule has 3 heterocycles. The number of hydrogen-bond acceptors (Lipinski definition) is 5. The molecule has 128 valence electrons. The lowest BCUT2D eigenvalue weighted by Gasteiger charge is -2.08. The molecule has 0 amide bonds. The molecule has 0 saturated carbocycles. The zero-order valence-electron chi connectivity index (χ0n) is 12.9. The van der Waals surface area contributed by atoms with Gasteiger partial charge in [0.2, 0.25) is 0 Å². The Kier molecular flexibility index (Phi) is 3.84. The van der Waals surface area contributed by atoms with Gasteiger partial charge in [-0.15, -0.1) is 0 Å². The van der Waals surface area contributed by atoms with Crippen molar-refractivity contribution in [1.29, 1.82) is 5.26 Å². The fraction of sp³-hybridized carbons (Fsp3) is 0. The maximum Gasteiger partial charge on any atom is 0.269 e. The van der Waals surface area contributed by atoms with Crippen LogP contribution in [0.25, 0.3) is 21.9 Å². The lowest BCUT2D eigenvalue weighted by molar-refractivity contribution is 0.590. The Morgan fingerprint density at radius 3 is 2.50 bits per heavy atom. The molecule has 0 radical (unpaired) electrons. The minimum Gasteiger partial charge on any atom is -0.242 e. The SMILES string of the molecule is N#Cc1ncc2c(c1Cl)c1cc(Cl)cnc1n2S(=O)(=O)c1ccccc1. The van der Waals surface area contributed by atoms with Gasteiger partial charge < -0.3 is 0 Å². The van der Waals surface area contributed by atoms with Crippen molar-refractivity contribution < 1.29 is 8.42 Å². The number of halogens is 2. The molecule has 4 rings (SSSR count). The van der Waals surface area contributed by atoms with Gasteiger partial charge in [-0.1, -0.05) is 41.4 Å². The van der Waals surface area contributed by atoms with Gasteiger partial charge in [0, 0.05) is 17.0 Å². The molecular formula is C17H8Cl2N4O2S. The van der Waals surface area contributed by atoms with Gasteiger partial charge in [-0.3, -0.25) is 0 Å². The summed E-state index contributed by atoms with van der Waals surface area (Å²) in [7, 11) is -3.97. The van der Waals surface area contributed by atoms with Crippen molar-refractivity contribution in [3.05, 3.63) is 64.5 Å². The van der Waals surface area contributed by atoms with Crippen LogP contribution in [0.15, 0.2) is 53.7 Å². The van der Waals surface area contributed by atoms with Crippen LogP contribution in [-0.4, -0.2) is 22.4 Å². The van der Waals surface area contributed by atoms with E-state index in [2.05, 4.69) is 9.97 Å². The van der Waals surface area contributed by atoms with E-state index in [4.69, 9.17) is 23.2 Å². The summed E-state index contributed by atoms with van der Waals surface area (Å²) < 4.78 is 27.5. The van der Waals surface area contributed by atoms with E-state index >= 15 is 0 Å². The van der Waals surface area contributed by atoms with E-state index in [0.717, 1.165) is 3.97 Å². The molecule has 0 aliphatic carbocycles. The molecule has 0 fully saturated rings. The number of rotatable bonds is 2. The lowest BCUT2D eigenvalue weighted by atomic mass is 10.2. The molecule has 0 atom stereocenters. The highest BCUT2D eigenvalue weighted by atomic mass is 35.5. The molecule has 0 unspecified atom stereocenters. The number of nitriles is 1. The first-order chi connectivity index (χ1) is 12.4. The van der Waals surface area contributed by atoms with Gasteiger partial charge >= 0.3 is 0 Å². The predicted molar refractivity (Wildman–Crippen MR) is 98.8 cm³/mol. The van der Waals surface area contributed by atoms with Gasteiger partial charge in [0.05, 0.1) is 26.7 Å². The fourth-order valence-corrected chi connectivity index (χ4v) is 4.73. The summed E-state index contributed by atoms with van der Waals surface area (Å²) in [4.78, 5) is 8.25. The average molecular weight is 403 g/mol. The molecule has 9 heteroatoms. The minimum atomic E-state index is -3.97. The van der Waals surface area contributed by atoms with Crippen molar-refractivity contribution in [2.24, 2.45) is 0 Å². The zero-order valence-corrected chi connectivity index (χ0v) is 15.2. The Morgan fingerprint density at radius 1 is 1.08 bits per heavy atom. The second-order valence-electron chi connectivity index (χ2n) is 5.40. The van der Waals surface area contributed by atoms with Crippen LogP contribution in [0.3, 0.4) is 0 Å². The molecule has 1 aromatic carbocycles. The number of aromatic nitrogens is 3. The highest BCUT2D eigenvalue weighted by Gasteiger charge is 2.26. The normalized spacial score (nSPS) is 11.7. The summed E-state index contributed by atoms with van der Waals surface area (Å²) in [5, 5.41) is 10.4. The molecule has 0 aliphatic heterocycles. The quantitative estimate of drug-likeness (QED) is 0.505. The van der Waals surface area contributed by atoms with Crippen LogP contribution in [-0.2, 0) is 10.0 Å². The molecule has 0 saturated heterocycles. The van der Waals surface area contributed by atoms with Gasteiger partial charge in [-0.05, 0) is 18.2 Å². The molecule has 3 aromatic heterocycles. The van der Waals surface area contributed by atoms with E-state index in [1.807, 2.05) is 6.07 Å². The van der Waals surface area contributed by atoms with E-state index in [-0.39, 0.29) is 26.8 Å². The fourth-order valence-electron chi connectivity index (χ4n) is 2.80. The van der Waals surface area contributed by atoms with Crippen LogP contribution >= 0.6 is 23.2 Å². The van der Waals surface area contributed by atoms with Crippen LogP contribution in [0.1, 0.15) is 5.69 Å². The van der Waals surface area contributed by atoms with Crippen LogP contribution in [0, 0.1) is 11.3 Å². The van der Waals surface area contributed by atoms with E-state index in [1.54, 1.807) is 24.3 Å². The number of fused-ring (bicyclic) bond motifs is 3. The van der Waals surface area contributed by atoms with Crippen molar-refractivity contribution in [3.8, 4) is 6.07 Å². The van der Waals surface area contributed by atoms with Crippen molar-refractivity contribution in [1.82, 2.24) is 13.9 Å². The molecule has 0 aliphatic rings. The first kappa shape index (κ1) is 16.8. The van der Waals surface area contributed by atoms with Crippen molar-refractivity contribution >= 4 is 55.2 Å². The molecule has 6 nitrogen and oxygen atoms in total. The van der Waals surface area contributed by atoms with Crippen LogP contribution in [0.2, 0.25) is 10.0 Å². The predicted octanol–water partition coefficient (Wildman–Crippen LogP) is 4.00. The smallest absolute Gasteiger partial charge is 0.242 e. The van der Waals surface area contributed by atoms with Crippen molar-refractivity contribution in [2.45, 2.75) is 4.90 Å². The average Bonchev–Trinajstić information content (AvgIpc) is 2.97. The van der Waals surface area contributed by atoms with Gasteiger partial charge in [0.15, 0.2) is 11.3 Å². The van der Waals surface area contributed by atoms with E-state index in [1.165, 1.54) is 24.5 Å². The second-order valence-corrected chi connectivity index (χ2v) is 8.00. The Balaban J connectivity index is 2.23. The highest BCUT2D eigenvalue weighted by Crippen LogP contribution is 2.37. The van der Waals surface area contributed by atoms with Crippen molar-refractivity contribution in [3.63, 3.8) is 0 Å². The Morgan fingerprint density at radius 2 is 1.81 bits per heavy atom. The molecule has 0 N–H and O–H groups in total. The molecule has 0 spiro atoms. The largest absolute Gasteiger partial charge is 0.269 e. The maximum absolute atomic E-state index is 13.2. The number of benzene rings is 1. The number of pyridine rings is 2.